The average molecular weight is 414 g/mol. The number of nitrogens with zero attached hydrogens (tertiary/aromatic N) is 2. The Morgan fingerprint density at radius 2 is 2.03 bits per heavy atom. The lowest BCUT2D eigenvalue weighted by molar-refractivity contribution is 0.0671. The second-order valence-corrected chi connectivity index (χ2v) is 7.21. The normalized spacial score (nSPS) is 13.5. The number of likely N-dealkylation sites (N-methyl/N-ethyl adjacent to an activating group) is 1. The Morgan fingerprint density at radius 3 is 2.43 bits per heavy atom. The number of nitrogens with one attached hydrogen (secondary N) is 1. The van der Waals surface area contributed by atoms with E-state index in [9.17, 15) is 9.90 Å². The summed E-state index contributed by atoms with van der Waals surface area (Å²) < 4.78 is 0. The van der Waals surface area contributed by atoms with Crippen LogP contribution < -0.4 is 5.56 Å². The first kappa shape index (κ1) is 27.5. The summed E-state index contributed by atoms with van der Waals surface area (Å²) in [7, 11) is 0. The van der Waals surface area contributed by atoms with E-state index in [-0.39, 0.29) is 17.6 Å². The summed E-state index contributed by atoms with van der Waals surface area (Å²) in [6.45, 7) is 21.9. The van der Waals surface area contributed by atoms with E-state index in [1.54, 1.807) is 24.4 Å². The summed E-state index contributed by atoms with van der Waals surface area (Å²) >= 11 is 0. The molecular weight excluding hydrogens is 374 g/mol. The molecular formula is C25H39N3O2. The zero-order valence-corrected chi connectivity index (χ0v) is 19.1. The molecule has 0 aliphatic heterocycles. The van der Waals surface area contributed by atoms with Crippen LogP contribution in [0.25, 0.3) is 0 Å². The number of hydrogen-bond acceptors (Lipinski definition) is 4. The highest BCUT2D eigenvalue weighted by Gasteiger charge is 2.20. The van der Waals surface area contributed by atoms with E-state index >= 15 is 0 Å². The minimum absolute atomic E-state index is 0.0532. The van der Waals surface area contributed by atoms with E-state index in [1.807, 2.05) is 20.1 Å². The molecule has 166 valence electrons. The number of aromatic nitrogens is 1. The van der Waals surface area contributed by atoms with Crippen LogP contribution in [0.1, 0.15) is 40.5 Å². The van der Waals surface area contributed by atoms with Gasteiger partial charge in [0.15, 0.2) is 0 Å². The van der Waals surface area contributed by atoms with Crippen molar-refractivity contribution in [2.75, 3.05) is 19.6 Å². The monoisotopic (exact) mass is 413 g/mol. The lowest BCUT2D eigenvalue weighted by Crippen LogP contribution is -2.37. The lowest BCUT2D eigenvalue weighted by atomic mass is 9.91. The number of hydrogen-bond donors (Lipinski definition) is 2. The number of rotatable bonds is 12. The van der Waals surface area contributed by atoms with E-state index in [0.717, 1.165) is 42.8 Å². The number of allylic oxidation sites excluding steroid dienone is 4. The molecule has 0 bridgehead atoms. The molecule has 2 N–H and O–H groups in total. The maximum Gasteiger partial charge on any atom is 0.247 e. The Morgan fingerprint density at radius 1 is 1.33 bits per heavy atom. The molecule has 0 aliphatic rings. The van der Waals surface area contributed by atoms with Crippen molar-refractivity contribution in [1.29, 1.82) is 0 Å². The van der Waals surface area contributed by atoms with Crippen molar-refractivity contribution in [3.05, 3.63) is 83.5 Å². The van der Waals surface area contributed by atoms with Crippen LogP contribution in [-0.2, 0) is 0 Å². The standard InChI is InChI=1S/C20H34N2O.C5H5NO/c1-8-17(7)12-19(10-3)20(23)15-22(11-4)14-18(9-2)13-21-16(5)6;7-5-3-1-2-4-6-5/h8-9,13,19-20,23H,1,5,7,10-12,14-15H2,2-4,6H3;1-4H,(H,6,7)/b18-9+,21-13?;. The number of pyridine rings is 1. The van der Waals surface area contributed by atoms with Crippen LogP contribution in [-0.4, -0.2) is 46.9 Å². The van der Waals surface area contributed by atoms with Gasteiger partial charge >= 0.3 is 0 Å². The van der Waals surface area contributed by atoms with Gasteiger partial charge in [0.05, 0.1) is 6.10 Å². The highest BCUT2D eigenvalue weighted by molar-refractivity contribution is 5.79. The molecule has 0 saturated heterocycles. The highest BCUT2D eigenvalue weighted by Crippen LogP contribution is 2.20. The fraction of sp³-hybridized carbons (Fsp3) is 0.440. The van der Waals surface area contributed by atoms with Gasteiger partial charge in [-0.3, -0.25) is 14.7 Å². The van der Waals surface area contributed by atoms with E-state index < -0.39 is 0 Å². The molecule has 1 aromatic heterocycles. The maximum atomic E-state index is 10.6. The maximum absolute atomic E-state index is 10.6. The van der Waals surface area contributed by atoms with E-state index in [1.165, 1.54) is 6.07 Å². The largest absolute Gasteiger partial charge is 0.391 e. The summed E-state index contributed by atoms with van der Waals surface area (Å²) in [5.41, 5.74) is 2.86. The van der Waals surface area contributed by atoms with Gasteiger partial charge in [0, 0.05) is 37.3 Å². The highest BCUT2D eigenvalue weighted by atomic mass is 16.3. The first-order valence-electron chi connectivity index (χ1n) is 10.5. The summed E-state index contributed by atoms with van der Waals surface area (Å²) in [4.78, 5) is 19.2. The van der Waals surface area contributed by atoms with Gasteiger partial charge in [-0.15, -0.1) is 0 Å². The number of H-pyrrole nitrogens is 1. The Bertz CT molecular complexity index is 744. The van der Waals surface area contributed by atoms with Crippen molar-refractivity contribution >= 4 is 6.21 Å². The van der Waals surface area contributed by atoms with Gasteiger partial charge in [-0.25, -0.2) is 0 Å². The molecule has 0 radical (unpaired) electrons. The van der Waals surface area contributed by atoms with Crippen molar-refractivity contribution in [2.24, 2.45) is 10.9 Å². The quantitative estimate of drug-likeness (QED) is 0.384. The predicted molar refractivity (Wildman–Crippen MR) is 130 cm³/mol. The second-order valence-electron chi connectivity index (χ2n) is 7.21. The van der Waals surface area contributed by atoms with Crippen LogP contribution in [0, 0.1) is 5.92 Å². The Hall–Kier alpha value is -2.50. The minimum atomic E-state index is -0.368. The molecule has 30 heavy (non-hydrogen) atoms. The second kappa shape index (κ2) is 16.3. The molecule has 0 fully saturated rings. The average Bonchev–Trinajstić information content (AvgIpc) is 2.74. The van der Waals surface area contributed by atoms with Gasteiger partial charge in [-0.05, 0) is 44.4 Å². The molecule has 0 aromatic carbocycles. The summed E-state index contributed by atoms with van der Waals surface area (Å²) in [5.74, 6) is 0.215. The summed E-state index contributed by atoms with van der Waals surface area (Å²) in [6.07, 6.45) is 8.65. The van der Waals surface area contributed by atoms with Crippen LogP contribution >= 0.6 is 0 Å². The molecule has 2 unspecified atom stereocenters. The molecule has 0 spiro atoms. The number of aliphatic imine (C=N–C) groups is 1. The van der Waals surface area contributed by atoms with Gasteiger partial charge in [-0.1, -0.05) is 63.8 Å². The zero-order chi connectivity index (χ0) is 22.9. The van der Waals surface area contributed by atoms with Crippen molar-refractivity contribution in [1.82, 2.24) is 9.88 Å². The SMILES string of the molecule is C=CC(=C)CC(CC)C(O)CN(CC)C/C(C=NC(=C)C)=C/C.O=c1cccc[nH]1. The summed E-state index contributed by atoms with van der Waals surface area (Å²) in [5, 5.41) is 10.6. The first-order chi connectivity index (χ1) is 14.3. The van der Waals surface area contributed by atoms with Crippen molar-refractivity contribution < 1.29 is 5.11 Å². The number of aromatic amines is 1. The summed E-state index contributed by atoms with van der Waals surface area (Å²) in [6, 6.07) is 4.93. The number of aliphatic hydroxyl groups is 1. The van der Waals surface area contributed by atoms with Gasteiger partial charge < -0.3 is 10.1 Å². The van der Waals surface area contributed by atoms with Crippen LogP contribution in [0.2, 0.25) is 0 Å². The fourth-order valence-electron chi connectivity index (χ4n) is 2.73. The molecule has 5 heteroatoms. The minimum Gasteiger partial charge on any atom is -0.391 e. The van der Waals surface area contributed by atoms with Gasteiger partial charge in [0.25, 0.3) is 0 Å². The molecule has 1 rings (SSSR count). The van der Waals surface area contributed by atoms with Crippen LogP contribution in [0.5, 0.6) is 0 Å². The van der Waals surface area contributed by atoms with Crippen molar-refractivity contribution in [3.8, 4) is 0 Å². The molecule has 1 heterocycles. The Kier molecular flexibility index (Phi) is 15.0. The Balaban J connectivity index is 0.000001000. The van der Waals surface area contributed by atoms with E-state index in [2.05, 4.69) is 54.5 Å². The molecule has 5 nitrogen and oxygen atoms in total. The van der Waals surface area contributed by atoms with E-state index in [0.29, 0.717) is 6.54 Å². The third-order valence-corrected chi connectivity index (χ3v) is 4.68. The fourth-order valence-corrected chi connectivity index (χ4v) is 2.73. The molecule has 0 aliphatic carbocycles. The van der Waals surface area contributed by atoms with E-state index in [4.69, 9.17) is 0 Å². The van der Waals surface area contributed by atoms with Crippen LogP contribution in [0.4, 0.5) is 0 Å². The van der Waals surface area contributed by atoms with Crippen LogP contribution in [0.3, 0.4) is 0 Å². The molecule has 1 aromatic rings. The third-order valence-electron chi connectivity index (χ3n) is 4.68. The molecule has 2 atom stereocenters. The number of aliphatic hydroxyl groups excluding tert-OH is 1. The van der Waals surface area contributed by atoms with Gasteiger partial charge in [-0.2, -0.15) is 0 Å². The first-order valence-corrected chi connectivity index (χ1v) is 10.5. The third kappa shape index (κ3) is 12.9. The lowest BCUT2D eigenvalue weighted by Gasteiger charge is -2.28. The predicted octanol–water partition coefficient (Wildman–Crippen LogP) is 4.75. The van der Waals surface area contributed by atoms with Crippen molar-refractivity contribution in [2.45, 2.75) is 46.6 Å². The van der Waals surface area contributed by atoms with Crippen molar-refractivity contribution in [3.63, 3.8) is 0 Å². The smallest absolute Gasteiger partial charge is 0.247 e. The molecule has 0 saturated carbocycles. The molecule has 0 amide bonds. The van der Waals surface area contributed by atoms with Gasteiger partial charge in [0.1, 0.15) is 0 Å². The Labute approximate surface area is 182 Å². The van der Waals surface area contributed by atoms with Crippen LogP contribution in [0.15, 0.2) is 82.9 Å². The topological polar surface area (TPSA) is 68.7 Å². The zero-order valence-electron chi connectivity index (χ0n) is 19.1. The van der Waals surface area contributed by atoms with Gasteiger partial charge in [0.2, 0.25) is 5.56 Å².